The SMILES string of the molecule is CCCN1C(=O)N[C@@H](c2cccc(NC(=O)Nc3ccc(C(F)(F)F)cc3)c2)C(C(=O)OCC(C)C)=C1C. The van der Waals surface area contributed by atoms with Crippen LogP contribution < -0.4 is 16.0 Å². The molecular formula is C27H31F3N4O4. The summed E-state index contributed by atoms with van der Waals surface area (Å²) in [7, 11) is 0. The van der Waals surface area contributed by atoms with Crippen molar-refractivity contribution >= 4 is 29.4 Å². The lowest BCUT2D eigenvalue weighted by Gasteiger charge is -2.35. The quantitative estimate of drug-likeness (QED) is 0.348. The molecule has 0 unspecified atom stereocenters. The van der Waals surface area contributed by atoms with Gasteiger partial charge in [0.25, 0.3) is 0 Å². The van der Waals surface area contributed by atoms with Crippen molar-refractivity contribution < 1.29 is 32.3 Å². The van der Waals surface area contributed by atoms with Gasteiger partial charge in [0.05, 0.1) is 23.8 Å². The van der Waals surface area contributed by atoms with Crippen molar-refractivity contribution in [1.29, 1.82) is 0 Å². The summed E-state index contributed by atoms with van der Waals surface area (Å²) in [6.45, 7) is 8.11. The highest BCUT2D eigenvalue weighted by Crippen LogP contribution is 2.33. The summed E-state index contributed by atoms with van der Waals surface area (Å²) in [6, 6.07) is 8.80. The normalized spacial score (nSPS) is 15.8. The van der Waals surface area contributed by atoms with E-state index in [0.717, 1.165) is 24.3 Å². The maximum atomic E-state index is 13.1. The topological polar surface area (TPSA) is 99.8 Å². The van der Waals surface area contributed by atoms with Crippen LogP contribution >= 0.6 is 0 Å². The second-order valence-corrected chi connectivity index (χ2v) is 9.31. The molecular weight excluding hydrogens is 501 g/mol. The van der Waals surface area contributed by atoms with Crippen molar-refractivity contribution in [2.24, 2.45) is 5.92 Å². The Bertz CT molecular complexity index is 1210. The average Bonchev–Trinajstić information content (AvgIpc) is 2.84. The number of benzene rings is 2. The van der Waals surface area contributed by atoms with Crippen molar-refractivity contribution in [3.8, 4) is 0 Å². The van der Waals surface area contributed by atoms with Crippen LogP contribution in [-0.2, 0) is 15.7 Å². The molecule has 3 N–H and O–H groups in total. The first kappa shape index (κ1) is 28.5. The number of anilines is 2. The van der Waals surface area contributed by atoms with Crippen molar-refractivity contribution in [2.45, 2.75) is 46.3 Å². The smallest absolute Gasteiger partial charge is 0.416 e. The molecule has 1 aliphatic heterocycles. The van der Waals surface area contributed by atoms with Crippen LogP contribution in [0, 0.1) is 5.92 Å². The Labute approximate surface area is 219 Å². The van der Waals surface area contributed by atoms with E-state index in [2.05, 4.69) is 16.0 Å². The van der Waals surface area contributed by atoms with Gasteiger partial charge < -0.3 is 20.7 Å². The summed E-state index contributed by atoms with van der Waals surface area (Å²) >= 11 is 0. The first-order valence-electron chi connectivity index (χ1n) is 12.2. The molecule has 2 aromatic rings. The fourth-order valence-corrected chi connectivity index (χ4v) is 3.94. The van der Waals surface area contributed by atoms with E-state index < -0.39 is 29.8 Å². The van der Waals surface area contributed by atoms with Gasteiger partial charge in [0.15, 0.2) is 0 Å². The Morgan fingerprint density at radius 2 is 1.74 bits per heavy atom. The van der Waals surface area contributed by atoms with Gasteiger partial charge in [-0.3, -0.25) is 4.90 Å². The molecule has 0 radical (unpaired) electrons. The Balaban J connectivity index is 1.82. The van der Waals surface area contributed by atoms with Gasteiger partial charge in [-0.1, -0.05) is 32.9 Å². The van der Waals surface area contributed by atoms with Crippen molar-refractivity contribution in [2.75, 3.05) is 23.8 Å². The number of nitrogens with zero attached hydrogens (tertiary/aromatic N) is 1. The van der Waals surface area contributed by atoms with Crippen LogP contribution in [0.3, 0.4) is 0 Å². The minimum atomic E-state index is -4.48. The highest BCUT2D eigenvalue weighted by Gasteiger charge is 2.36. The molecule has 3 rings (SSSR count). The Morgan fingerprint density at radius 3 is 2.34 bits per heavy atom. The number of carbonyl (C=O) groups excluding carboxylic acids is 3. The number of halogens is 3. The van der Waals surface area contributed by atoms with Crippen LogP contribution in [0.1, 0.15) is 51.3 Å². The molecule has 1 aliphatic rings. The monoisotopic (exact) mass is 532 g/mol. The predicted molar refractivity (Wildman–Crippen MR) is 137 cm³/mol. The number of rotatable bonds is 8. The zero-order valence-corrected chi connectivity index (χ0v) is 21.6. The summed E-state index contributed by atoms with van der Waals surface area (Å²) in [4.78, 5) is 39.9. The largest absolute Gasteiger partial charge is 0.462 e. The molecule has 11 heteroatoms. The minimum Gasteiger partial charge on any atom is -0.462 e. The number of amides is 4. The Kier molecular flexibility index (Phi) is 9.03. The second-order valence-electron chi connectivity index (χ2n) is 9.31. The van der Waals surface area contributed by atoms with E-state index in [1.165, 1.54) is 4.90 Å². The third-order valence-electron chi connectivity index (χ3n) is 5.76. The maximum absolute atomic E-state index is 13.1. The number of hydrogen-bond acceptors (Lipinski definition) is 4. The fraction of sp³-hybridized carbons (Fsp3) is 0.370. The molecule has 0 saturated heterocycles. The first-order valence-corrected chi connectivity index (χ1v) is 12.2. The van der Waals surface area contributed by atoms with E-state index in [1.807, 2.05) is 20.8 Å². The lowest BCUT2D eigenvalue weighted by Crippen LogP contribution is -2.48. The molecule has 0 bridgehead atoms. The third-order valence-corrected chi connectivity index (χ3v) is 5.76. The zero-order valence-electron chi connectivity index (χ0n) is 21.6. The molecule has 0 aromatic heterocycles. The van der Waals surface area contributed by atoms with Crippen LogP contribution in [0.15, 0.2) is 59.8 Å². The number of alkyl halides is 3. The van der Waals surface area contributed by atoms with E-state index in [1.54, 1.807) is 31.2 Å². The second kappa shape index (κ2) is 12.0. The standard InChI is InChI=1S/C27H31F3N4O4/c1-5-13-34-17(4)22(24(35)38-15-16(2)3)23(33-26(34)37)18-7-6-8-21(14-18)32-25(36)31-20-11-9-19(10-12-20)27(28,29)30/h6-12,14,16,23H,5,13,15H2,1-4H3,(H,33,37)(H2,31,32,36)/t23-/m0/s1. The van der Waals surface area contributed by atoms with Gasteiger partial charge in [-0.25, -0.2) is 14.4 Å². The maximum Gasteiger partial charge on any atom is 0.416 e. The molecule has 0 fully saturated rings. The van der Waals surface area contributed by atoms with Crippen LogP contribution in [0.5, 0.6) is 0 Å². The Hall–Kier alpha value is -4.02. The summed E-state index contributed by atoms with van der Waals surface area (Å²) in [6.07, 6.45) is -3.78. The molecule has 1 heterocycles. The summed E-state index contributed by atoms with van der Waals surface area (Å²) in [5, 5.41) is 7.96. The van der Waals surface area contributed by atoms with Gasteiger partial charge in [0, 0.05) is 23.6 Å². The summed E-state index contributed by atoms with van der Waals surface area (Å²) in [5.74, 6) is -0.417. The predicted octanol–water partition coefficient (Wildman–Crippen LogP) is 6.30. The van der Waals surface area contributed by atoms with Crippen molar-refractivity contribution in [3.63, 3.8) is 0 Å². The molecule has 204 valence electrons. The number of carbonyl (C=O) groups is 3. The highest BCUT2D eigenvalue weighted by molar-refractivity contribution is 6.00. The van der Waals surface area contributed by atoms with E-state index in [-0.39, 0.29) is 24.2 Å². The average molecular weight is 533 g/mol. The van der Waals surface area contributed by atoms with Gasteiger partial charge >= 0.3 is 24.2 Å². The lowest BCUT2D eigenvalue weighted by atomic mass is 9.94. The molecule has 0 saturated carbocycles. The van der Waals surface area contributed by atoms with Crippen LogP contribution in [0.4, 0.5) is 34.1 Å². The zero-order chi connectivity index (χ0) is 28.0. The Morgan fingerprint density at radius 1 is 1.08 bits per heavy atom. The number of nitrogens with one attached hydrogen (secondary N) is 3. The first-order chi connectivity index (χ1) is 17.9. The summed E-state index contributed by atoms with van der Waals surface area (Å²) < 4.78 is 43.8. The molecule has 2 aromatic carbocycles. The number of hydrogen-bond donors (Lipinski definition) is 3. The van der Waals surface area contributed by atoms with Gasteiger partial charge in [-0.2, -0.15) is 13.2 Å². The highest BCUT2D eigenvalue weighted by atomic mass is 19.4. The van der Waals surface area contributed by atoms with E-state index in [9.17, 15) is 27.6 Å². The van der Waals surface area contributed by atoms with Crippen LogP contribution in [0.2, 0.25) is 0 Å². The lowest BCUT2D eigenvalue weighted by molar-refractivity contribution is -0.141. The molecule has 0 aliphatic carbocycles. The van der Waals surface area contributed by atoms with E-state index in [0.29, 0.717) is 35.5 Å². The van der Waals surface area contributed by atoms with Gasteiger partial charge in [0.1, 0.15) is 0 Å². The molecule has 0 spiro atoms. The van der Waals surface area contributed by atoms with Gasteiger partial charge in [0.2, 0.25) is 0 Å². The van der Waals surface area contributed by atoms with Crippen LogP contribution in [0.25, 0.3) is 0 Å². The van der Waals surface area contributed by atoms with Gasteiger partial charge in [-0.15, -0.1) is 0 Å². The number of urea groups is 2. The van der Waals surface area contributed by atoms with Gasteiger partial charge in [-0.05, 0) is 61.2 Å². The van der Waals surface area contributed by atoms with Crippen molar-refractivity contribution in [3.05, 3.63) is 70.9 Å². The van der Waals surface area contributed by atoms with Crippen LogP contribution in [-0.4, -0.2) is 36.1 Å². The van der Waals surface area contributed by atoms with E-state index in [4.69, 9.17) is 4.74 Å². The third kappa shape index (κ3) is 7.05. The van der Waals surface area contributed by atoms with Crippen molar-refractivity contribution in [1.82, 2.24) is 10.2 Å². The number of allylic oxidation sites excluding steroid dienone is 1. The number of esters is 1. The molecule has 1 atom stereocenters. The van der Waals surface area contributed by atoms with E-state index >= 15 is 0 Å². The molecule has 38 heavy (non-hydrogen) atoms. The summed E-state index contributed by atoms with van der Waals surface area (Å²) in [5.41, 5.74) is 1.03. The number of ether oxygens (including phenoxy) is 1. The molecule has 8 nitrogen and oxygen atoms in total. The molecule has 4 amide bonds. The fourth-order valence-electron chi connectivity index (χ4n) is 3.94. The minimum absolute atomic E-state index is 0.124.